The van der Waals surface area contributed by atoms with Crippen LogP contribution in [0.5, 0.6) is 0 Å². The standard InChI is InChI=1S/C23H20N4O2S/c1-2-12-27-22(29)21-20(16-8-4-5-9-17(16)24-21)25-23(27)30-14-19(28)26-13-11-15-7-3-6-10-18(15)26/h2-10,24H,1,11-14H2. The molecule has 0 radical (unpaired) electrons. The van der Waals surface area contributed by atoms with Crippen molar-refractivity contribution < 1.29 is 4.79 Å². The molecule has 4 aromatic rings. The molecule has 2 aromatic heterocycles. The van der Waals surface area contributed by atoms with E-state index in [0.29, 0.717) is 29.3 Å². The smallest absolute Gasteiger partial charge is 0.278 e. The van der Waals surface area contributed by atoms with Crippen molar-refractivity contribution in [3.05, 3.63) is 77.1 Å². The van der Waals surface area contributed by atoms with Crippen LogP contribution in [0, 0.1) is 0 Å². The maximum Gasteiger partial charge on any atom is 0.278 e. The van der Waals surface area contributed by atoms with Gasteiger partial charge in [-0.2, -0.15) is 0 Å². The normalized spacial score (nSPS) is 13.1. The van der Waals surface area contributed by atoms with Crippen molar-refractivity contribution >= 4 is 45.3 Å². The highest BCUT2D eigenvalue weighted by Gasteiger charge is 2.25. The number of thioether (sulfide) groups is 1. The van der Waals surface area contributed by atoms with Gasteiger partial charge in [-0.25, -0.2) is 4.98 Å². The molecule has 3 heterocycles. The average molecular weight is 417 g/mol. The van der Waals surface area contributed by atoms with Crippen LogP contribution in [0.15, 0.2) is 71.1 Å². The van der Waals surface area contributed by atoms with Crippen LogP contribution in [0.4, 0.5) is 5.69 Å². The first-order valence-electron chi connectivity index (χ1n) is 9.80. The van der Waals surface area contributed by atoms with Crippen LogP contribution in [-0.2, 0) is 17.8 Å². The van der Waals surface area contributed by atoms with Gasteiger partial charge in [0, 0.05) is 29.7 Å². The number of para-hydroxylation sites is 2. The van der Waals surface area contributed by atoms with Gasteiger partial charge in [0.05, 0.1) is 5.75 Å². The van der Waals surface area contributed by atoms with E-state index in [4.69, 9.17) is 4.98 Å². The highest BCUT2D eigenvalue weighted by Crippen LogP contribution is 2.29. The number of rotatable bonds is 5. The average Bonchev–Trinajstić information content (AvgIpc) is 3.36. The number of amides is 1. The SMILES string of the molecule is C=CCn1c(SCC(=O)N2CCc3ccccc32)nc2c([nH]c3ccccc32)c1=O. The molecule has 0 saturated carbocycles. The zero-order chi connectivity index (χ0) is 20.7. The van der Waals surface area contributed by atoms with Crippen molar-refractivity contribution in [1.29, 1.82) is 0 Å². The molecule has 7 heteroatoms. The van der Waals surface area contributed by atoms with Gasteiger partial charge >= 0.3 is 0 Å². The molecule has 0 bridgehead atoms. The van der Waals surface area contributed by atoms with Crippen molar-refractivity contribution in [2.45, 2.75) is 18.1 Å². The molecule has 0 fully saturated rings. The Kier molecular flexibility index (Phi) is 4.67. The number of carbonyl (C=O) groups excluding carboxylic acids is 1. The van der Waals surface area contributed by atoms with Crippen LogP contribution in [0.1, 0.15) is 5.56 Å². The van der Waals surface area contributed by atoms with Crippen LogP contribution < -0.4 is 10.5 Å². The number of nitrogens with zero attached hydrogens (tertiary/aromatic N) is 3. The molecule has 6 nitrogen and oxygen atoms in total. The molecule has 0 aliphatic carbocycles. The molecule has 2 aromatic carbocycles. The Bertz CT molecular complexity index is 1350. The van der Waals surface area contributed by atoms with Gasteiger partial charge in [-0.05, 0) is 24.1 Å². The second-order valence-electron chi connectivity index (χ2n) is 7.21. The minimum atomic E-state index is -0.155. The number of allylic oxidation sites excluding steroid dienone is 1. The topological polar surface area (TPSA) is 71.0 Å². The minimum absolute atomic E-state index is 0.0170. The highest BCUT2D eigenvalue weighted by molar-refractivity contribution is 7.99. The van der Waals surface area contributed by atoms with E-state index < -0.39 is 0 Å². The highest BCUT2D eigenvalue weighted by atomic mass is 32.2. The lowest BCUT2D eigenvalue weighted by atomic mass is 10.2. The van der Waals surface area contributed by atoms with Crippen molar-refractivity contribution in [3.63, 3.8) is 0 Å². The molecular formula is C23H20N4O2S. The molecule has 30 heavy (non-hydrogen) atoms. The fourth-order valence-electron chi connectivity index (χ4n) is 3.98. The molecule has 1 aliphatic heterocycles. The zero-order valence-electron chi connectivity index (χ0n) is 16.3. The molecular weight excluding hydrogens is 396 g/mol. The van der Waals surface area contributed by atoms with E-state index in [1.165, 1.54) is 17.3 Å². The van der Waals surface area contributed by atoms with Crippen LogP contribution in [0.3, 0.4) is 0 Å². The minimum Gasteiger partial charge on any atom is -0.349 e. The van der Waals surface area contributed by atoms with Crippen LogP contribution in [0.25, 0.3) is 21.9 Å². The molecule has 0 spiro atoms. The van der Waals surface area contributed by atoms with E-state index >= 15 is 0 Å². The zero-order valence-corrected chi connectivity index (χ0v) is 17.1. The Morgan fingerprint density at radius 2 is 2.00 bits per heavy atom. The van der Waals surface area contributed by atoms with Crippen LogP contribution in [0.2, 0.25) is 0 Å². The second kappa shape index (κ2) is 7.50. The third-order valence-corrected chi connectivity index (χ3v) is 6.36. The van der Waals surface area contributed by atoms with Crippen molar-refractivity contribution in [2.24, 2.45) is 0 Å². The van der Waals surface area contributed by atoms with Crippen molar-refractivity contribution in [3.8, 4) is 0 Å². The lowest BCUT2D eigenvalue weighted by molar-refractivity contribution is -0.116. The lowest BCUT2D eigenvalue weighted by Gasteiger charge is -2.17. The number of carbonyl (C=O) groups is 1. The first-order chi connectivity index (χ1) is 14.7. The molecule has 150 valence electrons. The maximum absolute atomic E-state index is 13.1. The lowest BCUT2D eigenvalue weighted by Crippen LogP contribution is -2.31. The van der Waals surface area contributed by atoms with E-state index in [1.54, 1.807) is 10.6 Å². The first kappa shape index (κ1) is 18.7. The number of aromatic amines is 1. The van der Waals surface area contributed by atoms with Gasteiger partial charge in [0.1, 0.15) is 11.0 Å². The van der Waals surface area contributed by atoms with E-state index in [1.807, 2.05) is 47.4 Å². The summed E-state index contributed by atoms with van der Waals surface area (Å²) in [5, 5.41) is 1.43. The molecule has 1 N–H and O–H groups in total. The third-order valence-electron chi connectivity index (χ3n) is 5.40. The summed E-state index contributed by atoms with van der Waals surface area (Å²) in [6.07, 6.45) is 2.54. The van der Waals surface area contributed by atoms with Gasteiger partial charge in [-0.1, -0.05) is 54.2 Å². The van der Waals surface area contributed by atoms with Gasteiger partial charge in [-0.3, -0.25) is 14.2 Å². The monoisotopic (exact) mass is 416 g/mol. The Morgan fingerprint density at radius 3 is 2.87 bits per heavy atom. The summed E-state index contributed by atoms with van der Waals surface area (Å²) in [6, 6.07) is 15.7. The van der Waals surface area contributed by atoms with Gasteiger partial charge in [0.2, 0.25) is 5.91 Å². The van der Waals surface area contributed by atoms with Gasteiger partial charge in [0.15, 0.2) is 5.16 Å². The summed E-state index contributed by atoms with van der Waals surface area (Å²) >= 11 is 1.30. The quantitative estimate of drug-likeness (QED) is 0.306. The summed E-state index contributed by atoms with van der Waals surface area (Å²) in [5.41, 5.74) is 4.00. The van der Waals surface area contributed by atoms with Crippen LogP contribution in [-0.4, -0.2) is 32.7 Å². The molecule has 0 unspecified atom stereocenters. The van der Waals surface area contributed by atoms with Crippen molar-refractivity contribution in [1.82, 2.24) is 14.5 Å². The van der Waals surface area contributed by atoms with E-state index in [0.717, 1.165) is 23.0 Å². The Hall–Kier alpha value is -3.32. The predicted octanol–water partition coefficient (Wildman–Crippen LogP) is 3.75. The number of nitrogens with one attached hydrogen (secondary N) is 1. The summed E-state index contributed by atoms with van der Waals surface area (Å²) in [5.74, 6) is 0.231. The Balaban J connectivity index is 1.50. The summed E-state index contributed by atoms with van der Waals surface area (Å²) in [7, 11) is 0. The summed E-state index contributed by atoms with van der Waals surface area (Å²) in [6.45, 7) is 4.78. The third kappa shape index (κ3) is 3.02. The number of H-pyrrole nitrogens is 1. The number of anilines is 1. The first-order valence-corrected chi connectivity index (χ1v) is 10.8. The Morgan fingerprint density at radius 1 is 1.20 bits per heavy atom. The number of benzene rings is 2. The second-order valence-corrected chi connectivity index (χ2v) is 8.15. The largest absolute Gasteiger partial charge is 0.349 e. The fraction of sp³-hybridized carbons (Fsp3) is 0.174. The number of fused-ring (bicyclic) bond motifs is 4. The van der Waals surface area contributed by atoms with Crippen LogP contribution >= 0.6 is 11.8 Å². The molecule has 1 aliphatic rings. The number of hydrogen-bond acceptors (Lipinski definition) is 4. The summed E-state index contributed by atoms with van der Waals surface area (Å²) in [4.78, 5) is 35.8. The van der Waals surface area contributed by atoms with E-state index in [-0.39, 0.29) is 17.2 Å². The number of aromatic nitrogens is 3. The van der Waals surface area contributed by atoms with E-state index in [2.05, 4.69) is 17.6 Å². The molecule has 5 rings (SSSR count). The van der Waals surface area contributed by atoms with Crippen molar-refractivity contribution in [2.75, 3.05) is 17.2 Å². The van der Waals surface area contributed by atoms with E-state index in [9.17, 15) is 9.59 Å². The van der Waals surface area contributed by atoms with Gasteiger partial charge in [-0.15, -0.1) is 6.58 Å². The Labute approximate surface area is 177 Å². The van der Waals surface area contributed by atoms with Gasteiger partial charge < -0.3 is 9.88 Å². The molecule has 1 amide bonds. The number of hydrogen-bond donors (Lipinski definition) is 1. The maximum atomic E-state index is 13.1. The molecule has 0 atom stereocenters. The van der Waals surface area contributed by atoms with Gasteiger partial charge in [0.25, 0.3) is 5.56 Å². The summed E-state index contributed by atoms with van der Waals surface area (Å²) < 4.78 is 1.57. The predicted molar refractivity (Wildman–Crippen MR) is 121 cm³/mol. The fourth-order valence-corrected chi connectivity index (χ4v) is 4.86. The molecule has 0 saturated heterocycles.